The number of aryl methyl sites for hydroxylation is 2. The molecule has 8 nitrogen and oxygen atoms in total. The summed E-state index contributed by atoms with van der Waals surface area (Å²) in [6.07, 6.45) is 6.46. The highest BCUT2D eigenvalue weighted by molar-refractivity contribution is 5.94. The third kappa shape index (κ3) is 3.05. The van der Waals surface area contributed by atoms with E-state index in [-0.39, 0.29) is 5.91 Å². The summed E-state index contributed by atoms with van der Waals surface area (Å²) in [6, 6.07) is 3.70. The van der Waals surface area contributed by atoms with Crippen LogP contribution in [0.25, 0.3) is 5.82 Å². The molecule has 3 aromatic rings. The first-order valence-corrected chi connectivity index (χ1v) is 8.54. The van der Waals surface area contributed by atoms with Gasteiger partial charge in [0.15, 0.2) is 5.82 Å². The minimum Gasteiger partial charge on any atom is -0.472 e. The van der Waals surface area contributed by atoms with E-state index in [2.05, 4.69) is 15.0 Å². The number of carbonyl (C=O) groups excluding carboxylic acids is 1. The molecule has 1 fully saturated rings. The van der Waals surface area contributed by atoms with Crippen LogP contribution in [-0.4, -0.2) is 56.7 Å². The Balaban J connectivity index is 1.47. The van der Waals surface area contributed by atoms with Crippen LogP contribution in [0, 0.1) is 13.8 Å². The maximum Gasteiger partial charge on any atom is 0.257 e. The second kappa shape index (κ2) is 6.62. The molecule has 0 bridgehead atoms. The molecule has 4 rings (SSSR count). The summed E-state index contributed by atoms with van der Waals surface area (Å²) in [5, 5.41) is 4.46. The van der Waals surface area contributed by atoms with Crippen molar-refractivity contribution in [3.63, 3.8) is 0 Å². The Morgan fingerprint density at radius 3 is 2.54 bits per heavy atom. The molecule has 1 aliphatic heterocycles. The lowest BCUT2D eigenvalue weighted by molar-refractivity contribution is 0.0746. The number of amides is 1. The zero-order chi connectivity index (χ0) is 18.1. The van der Waals surface area contributed by atoms with Crippen molar-refractivity contribution >= 4 is 11.7 Å². The van der Waals surface area contributed by atoms with E-state index in [0.717, 1.165) is 17.2 Å². The van der Waals surface area contributed by atoms with Gasteiger partial charge in [0.25, 0.3) is 5.91 Å². The molecule has 0 aliphatic carbocycles. The van der Waals surface area contributed by atoms with Gasteiger partial charge in [0.1, 0.15) is 12.1 Å². The van der Waals surface area contributed by atoms with Crippen molar-refractivity contribution < 1.29 is 9.21 Å². The number of hydrogen-bond donors (Lipinski definition) is 0. The second-order valence-corrected chi connectivity index (χ2v) is 6.37. The van der Waals surface area contributed by atoms with Gasteiger partial charge in [-0.25, -0.2) is 9.67 Å². The Hall–Kier alpha value is -3.16. The average Bonchev–Trinajstić information content (AvgIpc) is 3.31. The zero-order valence-corrected chi connectivity index (χ0v) is 14.8. The van der Waals surface area contributed by atoms with E-state index >= 15 is 0 Å². The molecule has 1 aliphatic rings. The topological polar surface area (TPSA) is 80.3 Å². The lowest BCUT2D eigenvalue weighted by Gasteiger charge is -2.35. The fraction of sp³-hybridized carbons (Fsp3) is 0.333. The fourth-order valence-corrected chi connectivity index (χ4v) is 3.17. The van der Waals surface area contributed by atoms with Crippen molar-refractivity contribution in [3.8, 4) is 5.82 Å². The number of aromatic nitrogens is 4. The maximum atomic E-state index is 12.4. The highest BCUT2D eigenvalue weighted by Crippen LogP contribution is 2.17. The number of furan rings is 1. The van der Waals surface area contributed by atoms with Gasteiger partial charge >= 0.3 is 0 Å². The van der Waals surface area contributed by atoms with Crippen LogP contribution < -0.4 is 4.90 Å². The normalized spacial score (nSPS) is 14.7. The molecule has 26 heavy (non-hydrogen) atoms. The van der Waals surface area contributed by atoms with E-state index in [4.69, 9.17) is 9.40 Å². The van der Waals surface area contributed by atoms with E-state index in [1.807, 2.05) is 24.8 Å². The standard InChI is InChI=1S/C18H20N6O2/c1-13-9-14(2)24(21-13)17-11-19-10-16(20-17)22-4-6-23(7-5-22)18(25)15-3-8-26-12-15/h3,8-12H,4-7H2,1-2H3. The summed E-state index contributed by atoms with van der Waals surface area (Å²) in [5.41, 5.74) is 2.55. The average molecular weight is 352 g/mol. The summed E-state index contributed by atoms with van der Waals surface area (Å²) in [7, 11) is 0. The van der Waals surface area contributed by atoms with Crippen LogP contribution >= 0.6 is 0 Å². The van der Waals surface area contributed by atoms with Crippen LogP contribution in [0.5, 0.6) is 0 Å². The third-order valence-corrected chi connectivity index (χ3v) is 4.49. The molecular formula is C18H20N6O2. The first kappa shape index (κ1) is 16.3. The minimum absolute atomic E-state index is 0.000811. The van der Waals surface area contributed by atoms with Crippen LogP contribution in [-0.2, 0) is 0 Å². The zero-order valence-electron chi connectivity index (χ0n) is 14.8. The van der Waals surface area contributed by atoms with Gasteiger partial charge in [0.2, 0.25) is 0 Å². The molecule has 0 N–H and O–H groups in total. The fourth-order valence-electron chi connectivity index (χ4n) is 3.17. The second-order valence-electron chi connectivity index (χ2n) is 6.37. The van der Waals surface area contributed by atoms with Crippen LogP contribution in [0.1, 0.15) is 21.7 Å². The highest BCUT2D eigenvalue weighted by atomic mass is 16.3. The molecule has 0 radical (unpaired) electrons. The van der Waals surface area contributed by atoms with E-state index < -0.39 is 0 Å². The Morgan fingerprint density at radius 2 is 1.88 bits per heavy atom. The summed E-state index contributed by atoms with van der Waals surface area (Å²) in [4.78, 5) is 25.4. The number of piperazine rings is 1. The summed E-state index contributed by atoms with van der Waals surface area (Å²) in [5.74, 6) is 1.50. The highest BCUT2D eigenvalue weighted by Gasteiger charge is 2.24. The first-order valence-electron chi connectivity index (χ1n) is 8.54. The van der Waals surface area contributed by atoms with Gasteiger partial charge in [-0.05, 0) is 26.0 Å². The number of carbonyl (C=O) groups is 1. The quantitative estimate of drug-likeness (QED) is 0.715. The molecule has 0 atom stereocenters. The van der Waals surface area contributed by atoms with Gasteiger partial charge in [0.05, 0.1) is 29.9 Å². The Morgan fingerprint density at radius 1 is 1.12 bits per heavy atom. The van der Waals surface area contributed by atoms with Gasteiger partial charge in [0, 0.05) is 31.9 Å². The molecule has 0 aromatic carbocycles. The van der Waals surface area contributed by atoms with Crippen molar-refractivity contribution in [1.29, 1.82) is 0 Å². The molecule has 0 unspecified atom stereocenters. The predicted molar refractivity (Wildman–Crippen MR) is 95.5 cm³/mol. The molecule has 8 heteroatoms. The van der Waals surface area contributed by atoms with Crippen molar-refractivity contribution in [2.75, 3.05) is 31.1 Å². The van der Waals surface area contributed by atoms with Crippen LogP contribution in [0.2, 0.25) is 0 Å². The maximum absolute atomic E-state index is 12.4. The molecular weight excluding hydrogens is 332 g/mol. The number of rotatable bonds is 3. The largest absolute Gasteiger partial charge is 0.472 e. The van der Waals surface area contributed by atoms with Crippen molar-refractivity contribution in [3.05, 3.63) is 54.0 Å². The van der Waals surface area contributed by atoms with Gasteiger partial charge < -0.3 is 14.2 Å². The lowest BCUT2D eigenvalue weighted by Crippen LogP contribution is -2.49. The lowest BCUT2D eigenvalue weighted by atomic mass is 10.2. The number of hydrogen-bond acceptors (Lipinski definition) is 6. The smallest absolute Gasteiger partial charge is 0.257 e. The molecule has 134 valence electrons. The summed E-state index contributed by atoms with van der Waals surface area (Å²) in [6.45, 7) is 6.63. The van der Waals surface area contributed by atoms with Crippen LogP contribution in [0.4, 0.5) is 5.82 Å². The molecule has 3 aromatic heterocycles. The molecule has 0 spiro atoms. The Labute approximate surface area is 151 Å². The first-order chi connectivity index (χ1) is 12.6. The SMILES string of the molecule is Cc1cc(C)n(-c2cncc(N3CCN(C(=O)c4ccoc4)CC3)n2)n1. The minimum atomic E-state index is 0.000811. The van der Waals surface area contributed by atoms with Gasteiger partial charge in [-0.1, -0.05) is 0 Å². The van der Waals surface area contributed by atoms with Crippen molar-refractivity contribution in [1.82, 2.24) is 24.6 Å². The van der Waals surface area contributed by atoms with E-state index in [0.29, 0.717) is 37.6 Å². The molecule has 0 saturated carbocycles. The van der Waals surface area contributed by atoms with Crippen LogP contribution in [0.15, 0.2) is 41.5 Å². The predicted octanol–water partition coefficient (Wildman–Crippen LogP) is 1.83. The summed E-state index contributed by atoms with van der Waals surface area (Å²) >= 11 is 0. The van der Waals surface area contributed by atoms with E-state index in [1.165, 1.54) is 12.5 Å². The Bertz CT molecular complexity index is 910. The van der Waals surface area contributed by atoms with Crippen molar-refractivity contribution in [2.45, 2.75) is 13.8 Å². The number of nitrogens with zero attached hydrogens (tertiary/aromatic N) is 6. The Kier molecular flexibility index (Phi) is 4.16. The number of anilines is 1. The summed E-state index contributed by atoms with van der Waals surface area (Å²) < 4.78 is 6.80. The van der Waals surface area contributed by atoms with Crippen molar-refractivity contribution in [2.24, 2.45) is 0 Å². The van der Waals surface area contributed by atoms with Crippen LogP contribution in [0.3, 0.4) is 0 Å². The van der Waals surface area contributed by atoms with Gasteiger partial charge in [-0.2, -0.15) is 5.10 Å². The monoisotopic (exact) mass is 352 g/mol. The molecule has 4 heterocycles. The molecule has 1 amide bonds. The third-order valence-electron chi connectivity index (χ3n) is 4.49. The van der Waals surface area contributed by atoms with Gasteiger partial charge in [-0.3, -0.25) is 9.78 Å². The van der Waals surface area contributed by atoms with E-state index in [9.17, 15) is 4.79 Å². The van der Waals surface area contributed by atoms with E-state index in [1.54, 1.807) is 23.1 Å². The molecule has 1 saturated heterocycles. The van der Waals surface area contributed by atoms with Gasteiger partial charge in [-0.15, -0.1) is 0 Å².